The van der Waals surface area contributed by atoms with E-state index in [-0.39, 0.29) is 5.91 Å². The van der Waals surface area contributed by atoms with Crippen molar-refractivity contribution in [3.63, 3.8) is 0 Å². The maximum Gasteiger partial charge on any atom is 0.261 e. The number of nitrogens with one attached hydrogen (secondary N) is 1. The first-order valence-corrected chi connectivity index (χ1v) is 7.78. The van der Waals surface area contributed by atoms with Crippen molar-refractivity contribution in [2.75, 3.05) is 14.2 Å². The molecule has 1 atom stereocenters. The van der Waals surface area contributed by atoms with Crippen molar-refractivity contribution in [1.82, 2.24) is 5.32 Å². The number of amides is 1. The van der Waals surface area contributed by atoms with E-state index in [9.17, 15) is 9.59 Å². The minimum absolute atomic E-state index is 0.241. The van der Waals surface area contributed by atoms with E-state index in [0.29, 0.717) is 29.4 Å². The second-order valence-corrected chi connectivity index (χ2v) is 5.35. The van der Waals surface area contributed by atoms with Crippen molar-refractivity contribution in [2.24, 2.45) is 0 Å². The summed E-state index contributed by atoms with van der Waals surface area (Å²) in [5.74, 6) is 1.52. The predicted molar refractivity (Wildman–Crippen MR) is 93.3 cm³/mol. The molecule has 0 radical (unpaired) electrons. The number of hydrogen-bond acceptors (Lipinski definition) is 5. The quantitative estimate of drug-likeness (QED) is 0.746. The molecular formula is C19H21NO5. The summed E-state index contributed by atoms with van der Waals surface area (Å²) in [5.41, 5.74) is 1.44. The zero-order valence-corrected chi connectivity index (χ0v) is 14.4. The lowest BCUT2D eigenvalue weighted by Gasteiger charge is -2.15. The smallest absolute Gasteiger partial charge is 0.261 e. The second-order valence-electron chi connectivity index (χ2n) is 5.35. The summed E-state index contributed by atoms with van der Waals surface area (Å²) < 4.78 is 16.0. The summed E-state index contributed by atoms with van der Waals surface area (Å²) >= 11 is 0. The molecule has 1 N–H and O–H groups in total. The maximum absolute atomic E-state index is 12.2. The van der Waals surface area contributed by atoms with Gasteiger partial charge in [0.05, 0.1) is 14.2 Å². The highest BCUT2D eigenvalue weighted by molar-refractivity contribution is 5.80. The van der Waals surface area contributed by atoms with Gasteiger partial charge in [0.25, 0.3) is 5.91 Å². The van der Waals surface area contributed by atoms with Gasteiger partial charge in [0, 0.05) is 12.1 Å². The van der Waals surface area contributed by atoms with E-state index in [4.69, 9.17) is 14.2 Å². The van der Waals surface area contributed by atoms with E-state index in [2.05, 4.69) is 5.32 Å². The Hall–Kier alpha value is -3.02. The van der Waals surface area contributed by atoms with Gasteiger partial charge in [-0.1, -0.05) is 6.07 Å². The molecule has 0 spiro atoms. The summed E-state index contributed by atoms with van der Waals surface area (Å²) in [6, 6.07) is 12.0. The molecule has 0 saturated heterocycles. The van der Waals surface area contributed by atoms with Gasteiger partial charge in [-0.2, -0.15) is 0 Å². The van der Waals surface area contributed by atoms with Crippen LogP contribution in [0, 0.1) is 0 Å². The summed E-state index contributed by atoms with van der Waals surface area (Å²) in [6.45, 7) is 2.01. The molecule has 0 aliphatic heterocycles. The van der Waals surface area contributed by atoms with Crippen LogP contribution < -0.4 is 19.5 Å². The number of hydrogen-bond donors (Lipinski definition) is 1. The number of carbonyl (C=O) groups is 2. The lowest BCUT2D eigenvalue weighted by molar-refractivity contribution is -0.127. The minimum Gasteiger partial charge on any atom is -0.493 e. The lowest BCUT2D eigenvalue weighted by atomic mass is 10.2. The number of rotatable bonds is 8. The Morgan fingerprint density at radius 3 is 2.36 bits per heavy atom. The molecule has 2 rings (SSSR count). The fourth-order valence-corrected chi connectivity index (χ4v) is 2.21. The highest BCUT2D eigenvalue weighted by atomic mass is 16.5. The molecule has 6 nitrogen and oxygen atoms in total. The Labute approximate surface area is 146 Å². The first kappa shape index (κ1) is 18.3. The summed E-state index contributed by atoms with van der Waals surface area (Å²) in [6.07, 6.45) is 0.0884. The standard InChI is InChI=1S/C19H21NO5/c1-13(25-16-7-4-14(12-21)5-8-16)19(22)20-11-15-6-9-17(23-2)18(10-15)24-3/h4-10,12-13H,11H2,1-3H3,(H,20,22). The topological polar surface area (TPSA) is 73.9 Å². The summed E-state index contributed by atoms with van der Waals surface area (Å²) in [5, 5.41) is 2.81. The van der Waals surface area contributed by atoms with Crippen LogP contribution in [0.5, 0.6) is 17.2 Å². The number of carbonyl (C=O) groups excluding carboxylic acids is 2. The Morgan fingerprint density at radius 1 is 1.08 bits per heavy atom. The minimum atomic E-state index is -0.665. The Balaban J connectivity index is 1.91. The van der Waals surface area contributed by atoms with Crippen LogP contribution in [-0.4, -0.2) is 32.5 Å². The maximum atomic E-state index is 12.2. The first-order chi connectivity index (χ1) is 12.1. The van der Waals surface area contributed by atoms with Crippen LogP contribution in [-0.2, 0) is 11.3 Å². The number of benzene rings is 2. The van der Waals surface area contributed by atoms with Crippen LogP contribution in [0.15, 0.2) is 42.5 Å². The van der Waals surface area contributed by atoms with Crippen molar-refractivity contribution in [3.05, 3.63) is 53.6 Å². The largest absolute Gasteiger partial charge is 0.493 e. The van der Waals surface area contributed by atoms with Crippen molar-refractivity contribution in [1.29, 1.82) is 0 Å². The fraction of sp³-hybridized carbons (Fsp3) is 0.263. The van der Waals surface area contributed by atoms with Gasteiger partial charge in [0.2, 0.25) is 0 Å². The molecule has 1 amide bonds. The highest BCUT2D eigenvalue weighted by Gasteiger charge is 2.14. The molecule has 132 valence electrons. The van der Waals surface area contributed by atoms with E-state index >= 15 is 0 Å². The molecule has 0 aromatic heterocycles. The van der Waals surface area contributed by atoms with Gasteiger partial charge in [0.15, 0.2) is 17.6 Å². The number of aldehydes is 1. The van der Waals surface area contributed by atoms with E-state index < -0.39 is 6.10 Å². The highest BCUT2D eigenvalue weighted by Crippen LogP contribution is 2.27. The second kappa shape index (κ2) is 8.73. The SMILES string of the molecule is COc1ccc(CNC(=O)C(C)Oc2ccc(C=O)cc2)cc1OC. The molecular weight excluding hydrogens is 322 g/mol. The molecule has 2 aromatic rings. The molecule has 25 heavy (non-hydrogen) atoms. The third-order valence-electron chi connectivity index (χ3n) is 3.61. The first-order valence-electron chi connectivity index (χ1n) is 7.78. The molecule has 6 heteroatoms. The monoisotopic (exact) mass is 343 g/mol. The third kappa shape index (κ3) is 4.97. The van der Waals surface area contributed by atoms with Crippen molar-refractivity contribution in [2.45, 2.75) is 19.6 Å². The Kier molecular flexibility index (Phi) is 6.39. The predicted octanol–water partition coefficient (Wildman–Crippen LogP) is 2.60. The fourth-order valence-electron chi connectivity index (χ4n) is 2.21. The van der Waals surface area contributed by atoms with Crippen molar-refractivity contribution in [3.8, 4) is 17.2 Å². The van der Waals surface area contributed by atoms with Gasteiger partial charge < -0.3 is 19.5 Å². The molecule has 0 saturated carbocycles. The van der Waals surface area contributed by atoms with Gasteiger partial charge in [-0.25, -0.2) is 0 Å². The molecule has 2 aromatic carbocycles. The normalized spacial score (nSPS) is 11.3. The van der Waals surface area contributed by atoms with E-state index in [1.165, 1.54) is 0 Å². The van der Waals surface area contributed by atoms with Crippen molar-refractivity contribution < 1.29 is 23.8 Å². The van der Waals surface area contributed by atoms with Gasteiger partial charge in [-0.05, 0) is 48.9 Å². The van der Waals surface area contributed by atoms with Crippen LogP contribution in [0.1, 0.15) is 22.8 Å². The Bertz CT molecular complexity index is 727. The molecule has 0 aliphatic rings. The Morgan fingerprint density at radius 2 is 1.76 bits per heavy atom. The van der Waals surface area contributed by atoms with Crippen LogP contribution >= 0.6 is 0 Å². The summed E-state index contributed by atoms with van der Waals surface area (Å²) in [7, 11) is 3.13. The van der Waals surface area contributed by atoms with Gasteiger partial charge >= 0.3 is 0 Å². The van der Waals surface area contributed by atoms with E-state index in [1.807, 2.05) is 12.1 Å². The van der Waals surface area contributed by atoms with Crippen LogP contribution in [0.4, 0.5) is 0 Å². The lowest BCUT2D eigenvalue weighted by Crippen LogP contribution is -2.35. The number of ether oxygens (including phenoxy) is 3. The zero-order valence-electron chi connectivity index (χ0n) is 14.4. The number of methoxy groups -OCH3 is 2. The average molecular weight is 343 g/mol. The van der Waals surface area contributed by atoms with Crippen LogP contribution in [0.3, 0.4) is 0 Å². The van der Waals surface area contributed by atoms with Gasteiger partial charge in [-0.3, -0.25) is 9.59 Å². The molecule has 0 fully saturated rings. The zero-order chi connectivity index (χ0) is 18.2. The molecule has 0 heterocycles. The van der Waals surface area contributed by atoms with Gasteiger partial charge in [-0.15, -0.1) is 0 Å². The molecule has 0 bridgehead atoms. The summed E-state index contributed by atoms with van der Waals surface area (Å²) in [4.78, 5) is 22.8. The molecule has 1 unspecified atom stereocenters. The van der Waals surface area contributed by atoms with E-state index in [1.54, 1.807) is 51.5 Å². The van der Waals surface area contributed by atoms with Crippen LogP contribution in [0.2, 0.25) is 0 Å². The van der Waals surface area contributed by atoms with Gasteiger partial charge in [0.1, 0.15) is 12.0 Å². The third-order valence-corrected chi connectivity index (χ3v) is 3.61. The average Bonchev–Trinajstić information content (AvgIpc) is 2.66. The molecule has 0 aliphatic carbocycles. The van der Waals surface area contributed by atoms with Crippen molar-refractivity contribution >= 4 is 12.2 Å². The van der Waals surface area contributed by atoms with E-state index in [0.717, 1.165) is 11.8 Å². The van der Waals surface area contributed by atoms with Crippen LogP contribution in [0.25, 0.3) is 0 Å².